The highest BCUT2D eigenvalue weighted by Crippen LogP contribution is 1.95. The van der Waals surface area contributed by atoms with Crippen LogP contribution in [0.5, 0.6) is 0 Å². The third-order valence-electron chi connectivity index (χ3n) is 1.42. The molecular weight excluding hydrogens is 170 g/mol. The van der Waals surface area contributed by atoms with Gasteiger partial charge < -0.3 is 15.9 Å². The van der Waals surface area contributed by atoms with Gasteiger partial charge >= 0.3 is 5.97 Å². The van der Waals surface area contributed by atoms with E-state index in [0.29, 0.717) is 0 Å². The molecule has 0 aliphatic carbocycles. The summed E-state index contributed by atoms with van der Waals surface area (Å²) in [7, 11) is 0. The molecule has 4 heteroatoms. The van der Waals surface area contributed by atoms with E-state index < -0.39 is 12.1 Å². The molecule has 80 valence electrons. The van der Waals surface area contributed by atoms with Gasteiger partial charge in [0.05, 0.1) is 0 Å². The number of aliphatic hydroxyl groups excluding tert-OH is 1. The Labute approximate surface area is 79.8 Å². The standard InChI is InChI=1S/C6H15N.C3H6O3/c1-2-3-4-5-6-7;1-2(4)3(5)6/h2-7H2,1H3;2,4H,1H3,(H,5,6). The zero-order chi connectivity index (χ0) is 10.7. The van der Waals surface area contributed by atoms with E-state index in [2.05, 4.69) is 6.92 Å². The van der Waals surface area contributed by atoms with Crippen LogP contribution in [0.15, 0.2) is 0 Å². The van der Waals surface area contributed by atoms with Gasteiger partial charge in [0, 0.05) is 0 Å². The van der Waals surface area contributed by atoms with Crippen molar-refractivity contribution in [2.45, 2.75) is 45.6 Å². The maximum atomic E-state index is 9.45. The number of carboxylic acids is 1. The lowest BCUT2D eigenvalue weighted by molar-refractivity contribution is -0.145. The summed E-state index contributed by atoms with van der Waals surface area (Å²) in [6.07, 6.45) is 3.93. The fourth-order valence-electron chi connectivity index (χ4n) is 0.571. The molecule has 0 bridgehead atoms. The van der Waals surface area contributed by atoms with E-state index in [9.17, 15) is 4.79 Å². The number of rotatable bonds is 5. The fourth-order valence-corrected chi connectivity index (χ4v) is 0.571. The van der Waals surface area contributed by atoms with Gasteiger partial charge in [0.2, 0.25) is 0 Å². The van der Waals surface area contributed by atoms with E-state index in [0.717, 1.165) is 6.54 Å². The minimum Gasteiger partial charge on any atom is -0.479 e. The van der Waals surface area contributed by atoms with Crippen LogP contribution in [0.3, 0.4) is 0 Å². The number of carbonyl (C=O) groups is 1. The molecule has 0 aromatic carbocycles. The maximum Gasteiger partial charge on any atom is 0.332 e. The number of hydrogen-bond donors (Lipinski definition) is 3. The van der Waals surface area contributed by atoms with Crippen LogP contribution in [-0.2, 0) is 4.79 Å². The first-order valence-electron chi connectivity index (χ1n) is 4.67. The highest BCUT2D eigenvalue weighted by atomic mass is 16.4. The number of nitrogens with two attached hydrogens (primary N) is 1. The van der Waals surface area contributed by atoms with Gasteiger partial charge in [-0.25, -0.2) is 4.79 Å². The van der Waals surface area contributed by atoms with E-state index in [1.807, 2.05) is 0 Å². The molecule has 0 radical (unpaired) electrons. The normalized spacial score (nSPS) is 11.4. The Kier molecular flexibility index (Phi) is 13.0. The SMILES string of the molecule is CC(O)C(=O)O.CCCCCCN. The highest BCUT2D eigenvalue weighted by molar-refractivity contribution is 5.71. The van der Waals surface area contributed by atoms with Gasteiger partial charge in [0.15, 0.2) is 0 Å². The van der Waals surface area contributed by atoms with Gasteiger partial charge in [0.1, 0.15) is 6.10 Å². The third-order valence-corrected chi connectivity index (χ3v) is 1.42. The molecule has 0 aliphatic heterocycles. The smallest absolute Gasteiger partial charge is 0.332 e. The summed E-state index contributed by atoms with van der Waals surface area (Å²) in [6, 6.07) is 0. The molecule has 13 heavy (non-hydrogen) atoms. The second-order valence-corrected chi connectivity index (χ2v) is 2.86. The predicted molar refractivity (Wildman–Crippen MR) is 52.5 cm³/mol. The Morgan fingerprint density at radius 2 is 1.85 bits per heavy atom. The van der Waals surface area contributed by atoms with Crippen molar-refractivity contribution in [3.05, 3.63) is 0 Å². The van der Waals surface area contributed by atoms with E-state index in [1.165, 1.54) is 32.6 Å². The van der Waals surface area contributed by atoms with Gasteiger partial charge in [-0.15, -0.1) is 0 Å². The van der Waals surface area contributed by atoms with Crippen LogP contribution in [0.4, 0.5) is 0 Å². The molecular formula is C9H21NO3. The minimum atomic E-state index is -1.23. The second-order valence-electron chi connectivity index (χ2n) is 2.86. The Morgan fingerprint density at radius 3 is 2.08 bits per heavy atom. The zero-order valence-electron chi connectivity index (χ0n) is 8.49. The lowest BCUT2D eigenvalue weighted by Gasteiger charge is -1.90. The molecule has 0 rings (SSSR count). The minimum absolute atomic E-state index is 0.861. The molecule has 4 nitrogen and oxygen atoms in total. The number of hydrogen-bond acceptors (Lipinski definition) is 3. The zero-order valence-corrected chi connectivity index (χ0v) is 8.49. The van der Waals surface area contributed by atoms with Crippen LogP contribution in [-0.4, -0.2) is 28.8 Å². The molecule has 0 heterocycles. The molecule has 0 saturated carbocycles. The summed E-state index contributed by atoms with van der Waals surface area (Å²) in [5.41, 5.74) is 5.27. The number of carboxylic acid groups (broad SMARTS) is 1. The topological polar surface area (TPSA) is 83.5 Å². The summed E-state index contributed by atoms with van der Waals surface area (Å²) < 4.78 is 0. The average molecular weight is 191 g/mol. The van der Waals surface area contributed by atoms with Crippen LogP contribution in [0.25, 0.3) is 0 Å². The van der Waals surface area contributed by atoms with Crippen LogP contribution in [0.2, 0.25) is 0 Å². The first-order chi connectivity index (χ1) is 6.06. The van der Waals surface area contributed by atoms with Crippen LogP contribution in [0, 0.1) is 0 Å². The Hall–Kier alpha value is -0.610. The lowest BCUT2D eigenvalue weighted by Crippen LogP contribution is -2.13. The summed E-state index contributed by atoms with van der Waals surface area (Å²) in [5.74, 6) is -1.19. The summed E-state index contributed by atoms with van der Waals surface area (Å²) in [6.45, 7) is 4.26. The number of aliphatic hydroxyl groups is 1. The Morgan fingerprint density at radius 1 is 1.38 bits per heavy atom. The van der Waals surface area contributed by atoms with Gasteiger partial charge in [-0.3, -0.25) is 0 Å². The van der Waals surface area contributed by atoms with Crippen molar-refractivity contribution in [3.63, 3.8) is 0 Å². The second kappa shape index (κ2) is 11.4. The van der Waals surface area contributed by atoms with Crippen molar-refractivity contribution in [3.8, 4) is 0 Å². The molecule has 0 aromatic heterocycles. The maximum absolute atomic E-state index is 9.45. The third kappa shape index (κ3) is 18.4. The Bertz CT molecular complexity index is 111. The molecule has 4 N–H and O–H groups in total. The van der Waals surface area contributed by atoms with Gasteiger partial charge in [-0.05, 0) is 19.9 Å². The molecule has 0 aromatic rings. The van der Waals surface area contributed by atoms with Crippen LogP contribution < -0.4 is 5.73 Å². The van der Waals surface area contributed by atoms with Crippen LogP contribution in [0.1, 0.15) is 39.5 Å². The molecule has 0 saturated heterocycles. The predicted octanol–water partition coefficient (Wildman–Crippen LogP) is 0.977. The van der Waals surface area contributed by atoms with Gasteiger partial charge in [0.25, 0.3) is 0 Å². The molecule has 1 atom stereocenters. The molecule has 1 unspecified atom stereocenters. The molecule has 0 spiro atoms. The van der Waals surface area contributed by atoms with Gasteiger partial charge in [-0.1, -0.05) is 26.2 Å². The monoisotopic (exact) mass is 191 g/mol. The summed E-state index contributed by atoms with van der Waals surface area (Å²) >= 11 is 0. The van der Waals surface area contributed by atoms with E-state index in [4.69, 9.17) is 15.9 Å². The quantitative estimate of drug-likeness (QED) is 0.565. The first kappa shape index (κ1) is 14.9. The number of unbranched alkanes of at least 4 members (excludes halogenated alkanes) is 3. The molecule has 0 amide bonds. The van der Waals surface area contributed by atoms with Crippen molar-refractivity contribution in [1.29, 1.82) is 0 Å². The fraction of sp³-hybridized carbons (Fsp3) is 0.889. The molecule has 0 aliphatic rings. The van der Waals surface area contributed by atoms with Crippen molar-refractivity contribution in [2.75, 3.05) is 6.54 Å². The van der Waals surface area contributed by atoms with E-state index in [1.54, 1.807) is 0 Å². The van der Waals surface area contributed by atoms with Gasteiger partial charge in [-0.2, -0.15) is 0 Å². The lowest BCUT2D eigenvalue weighted by atomic mass is 10.2. The molecule has 0 fully saturated rings. The summed E-state index contributed by atoms with van der Waals surface area (Å²) in [5, 5.41) is 15.8. The summed E-state index contributed by atoms with van der Waals surface area (Å²) in [4.78, 5) is 9.45. The van der Waals surface area contributed by atoms with E-state index in [-0.39, 0.29) is 0 Å². The van der Waals surface area contributed by atoms with Crippen molar-refractivity contribution in [2.24, 2.45) is 5.73 Å². The number of aliphatic carboxylic acids is 1. The van der Waals surface area contributed by atoms with Crippen molar-refractivity contribution >= 4 is 5.97 Å². The van der Waals surface area contributed by atoms with Crippen LogP contribution >= 0.6 is 0 Å². The average Bonchev–Trinajstić information content (AvgIpc) is 2.06. The van der Waals surface area contributed by atoms with Crippen molar-refractivity contribution < 1.29 is 15.0 Å². The Balaban J connectivity index is 0. The van der Waals surface area contributed by atoms with E-state index >= 15 is 0 Å². The largest absolute Gasteiger partial charge is 0.479 e. The van der Waals surface area contributed by atoms with Crippen molar-refractivity contribution in [1.82, 2.24) is 0 Å². The first-order valence-corrected chi connectivity index (χ1v) is 4.67. The highest BCUT2D eigenvalue weighted by Gasteiger charge is 2.01.